The van der Waals surface area contributed by atoms with Crippen LogP contribution in [0.25, 0.3) is 0 Å². The lowest BCUT2D eigenvalue weighted by Gasteiger charge is -2.16. The van der Waals surface area contributed by atoms with Gasteiger partial charge in [-0.2, -0.15) is 0 Å². The number of phenolic OH excluding ortho intramolecular Hbond substituents is 1. The van der Waals surface area contributed by atoms with Gasteiger partial charge in [-0.25, -0.2) is 0 Å². The number of aryl methyl sites for hydroxylation is 1. The molecule has 84 valence electrons. The fourth-order valence-electron chi connectivity index (χ4n) is 1.54. The molecule has 0 saturated heterocycles. The quantitative estimate of drug-likeness (QED) is 0.790. The maximum Gasteiger partial charge on any atom is 0.132 e. The van der Waals surface area contributed by atoms with Gasteiger partial charge in [-0.1, -0.05) is 0 Å². The smallest absolute Gasteiger partial charge is 0.132 e. The molecule has 1 atom stereocenters. The number of hydrogen-bond donors (Lipinski definition) is 3. The zero-order valence-corrected chi connectivity index (χ0v) is 10.7. The van der Waals surface area contributed by atoms with Crippen molar-refractivity contribution < 1.29 is 10.2 Å². The Labute approximate surface area is 98.3 Å². The molecule has 0 spiro atoms. The van der Waals surface area contributed by atoms with Crippen LogP contribution in [0, 0.1) is 13.8 Å². The van der Waals surface area contributed by atoms with Crippen LogP contribution < -0.4 is 5.32 Å². The van der Waals surface area contributed by atoms with Gasteiger partial charge in [0, 0.05) is 6.54 Å². The zero-order chi connectivity index (χ0) is 11.6. The van der Waals surface area contributed by atoms with Crippen molar-refractivity contribution in [2.45, 2.75) is 20.0 Å². The Morgan fingerprint density at radius 3 is 2.60 bits per heavy atom. The summed E-state index contributed by atoms with van der Waals surface area (Å²) >= 11 is 3.32. The van der Waals surface area contributed by atoms with Crippen LogP contribution in [0.3, 0.4) is 0 Å². The maximum absolute atomic E-state index is 9.88. The van der Waals surface area contributed by atoms with Gasteiger partial charge in [0.15, 0.2) is 0 Å². The molecule has 0 radical (unpaired) electrons. The van der Waals surface area contributed by atoms with Crippen molar-refractivity contribution in [1.82, 2.24) is 5.32 Å². The standard InChI is InChI=1S/C11H16BrNO2/c1-6-4-8(9(14)5-13-3)7(2)10(12)11(6)15/h4,9,13-15H,5H2,1-3H3. The largest absolute Gasteiger partial charge is 0.506 e. The molecule has 0 heterocycles. The third kappa shape index (κ3) is 2.51. The van der Waals surface area contributed by atoms with E-state index in [4.69, 9.17) is 0 Å². The van der Waals surface area contributed by atoms with Crippen molar-refractivity contribution in [3.8, 4) is 5.75 Å². The molecule has 0 bridgehead atoms. The summed E-state index contributed by atoms with van der Waals surface area (Å²) in [6.45, 7) is 4.18. The second-order valence-electron chi connectivity index (χ2n) is 3.64. The minimum atomic E-state index is -0.550. The molecule has 0 aromatic heterocycles. The lowest BCUT2D eigenvalue weighted by Crippen LogP contribution is -2.17. The Bertz CT molecular complexity index is 366. The van der Waals surface area contributed by atoms with Crippen molar-refractivity contribution >= 4 is 15.9 Å². The number of nitrogens with one attached hydrogen (secondary N) is 1. The van der Waals surface area contributed by atoms with Crippen LogP contribution >= 0.6 is 15.9 Å². The topological polar surface area (TPSA) is 52.5 Å². The third-order valence-electron chi connectivity index (χ3n) is 2.47. The number of aliphatic hydroxyl groups excluding tert-OH is 1. The summed E-state index contributed by atoms with van der Waals surface area (Å²) < 4.78 is 0.660. The number of halogens is 1. The second kappa shape index (κ2) is 4.96. The number of phenols is 1. The first-order valence-electron chi connectivity index (χ1n) is 4.80. The van der Waals surface area contributed by atoms with Crippen molar-refractivity contribution in [2.24, 2.45) is 0 Å². The molecule has 15 heavy (non-hydrogen) atoms. The van der Waals surface area contributed by atoms with Gasteiger partial charge in [0.05, 0.1) is 10.6 Å². The highest BCUT2D eigenvalue weighted by atomic mass is 79.9. The number of rotatable bonds is 3. The highest BCUT2D eigenvalue weighted by Crippen LogP contribution is 2.35. The Hall–Kier alpha value is -0.580. The van der Waals surface area contributed by atoms with Gasteiger partial charge >= 0.3 is 0 Å². The Morgan fingerprint density at radius 1 is 1.47 bits per heavy atom. The normalized spacial score (nSPS) is 12.9. The molecule has 0 saturated carbocycles. The van der Waals surface area contributed by atoms with Gasteiger partial charge in [-0.3, -0.25) is 0 Å². The zero-order valence-electron chi connectivity index (χ0n) is 9.13. The molecule has 4 heteroatoms. The van der Waals surface area contributed by atoms with Crippen molar-refractivity contribution in [1.29, 1.82) is 0 Å². The molecule has 1 aromatic carbocycles. The molecule has 0 amide bonds. The highest BCUT2D eigenvalue weighted by Gasteiger charge is 2.15. The predicted octanol–water partition coefficient (Wildman–Crippen LogP) is 2.02. The fraction of sp³-hybridized carbons (Fsp3) is 0.455. The van der Waals surface area contributed by atoms with E-state index in [1.807, 2.05) is 19.9 Å². The Morgan fingerprint density at radius 2 is 2.07 bits per heavy atom. The van der Waals surface area contributed by atoms with E-state index in [2.05, 4.69) is 21.2 Å². The van der Waals surface area contributed by atoms with Gasteiger partial charge in [0.1, 0.15) is 5.75 Å². The molecule has 0 aliphatic heterocycles. The van der Waals surface area contributed by atoms with Crippen LogP contribution in [-0.2, 0) is 0 Å². The first-order valence-corrected chi connectivity index (χ1v) is 5.59. The van der Waals surface area contributed by atoms with Gasteiger partial charge < -0.3 is 15.5 Å². The van der Waals surface area contributed by atoms with Gasteiger partial charge in [-0.15, -0.1) is 0 Å². The number of benzene rings is 1. The summed E-state index contributed by atoms with van der Waals surface area (Å²) in [7, 11) is 1.79. The summed E-state index contributed by atoms with van der Waals surface area (Å²) in [6, 6.07) is 1.82. The fourth-order valence-corrected chi connectivity index (χ4v) is 2.08. The van der Waals surface area contributed by atoms with Gasteiger partial charge in [-0.05, 0) is 59.6 Å². The van der Waals surface area contributed by atoms with E-state index in [0.29, 0.717) is 11.0 Å². The highest BCUT2D eigenvalue weighted by molar-refractivity contribution is 9.10. The molecular weight excluding hydrogens is 258 g/mol. The number of likely N-dealkylation sites (N-methyl/N-ethyl adjacent to an activating group) is 1. The van der Waals surface area contributed by atoms with Crippen LogP contribution in [0.5, 0.6) is 5.75 Å². The Kier molecular flexibility index (Phi) is 4.13. The summed E-state index contributed by atoms with van der Waals surface area (Å²) in [6.07, 6.45) is -0.550. The summed E-state index contributed by atoms with van der Waals surface area (Å²) in [4.78, 5) is 0. The lowest BCUT2D eigenvalue weighted by atomic mass is 10.00. The molecule has 0 aliphatic carbocycles. The van der Waals surface area contributed by atoms with Gasteiger partial charge in [0.25, 0.3) is 0 Å². The van der Waals surface area contributed by atoms with E-state index >= 15 is 0 Å². The first-order chi connectivity index (χ1) is 6.99. The third-order valence-corrected chi connectivity index (χ3v) is 3.44. The minimum Gasteiger partial charge on any atom is -0.506 e. The molecule has 3 N–H and O–H groups in total. The SMILES string of the molecule is CNCC(O)c1cc(C)c(O)c(Br)c1C. The van der Waals surface area contributed by atoms with E-state index in [9.17, 15) is 10.2 Å². The lowest BCUT2D eigenvalue weighted by molar-refractivity contribution is 0.177. The molecule has 1 aromatic rings. The molecule has 0 fully saturated rings. The molecular formula is C11H16BrNO2. The number of aliphatic hydroxyl groups is 1. The van der Waals surface area contributed by atoms with Crippen molar-refractivity contribution in [2.75, 3.05) is 13.6 Å². The average Bonchev–Trinajstić information content (AvgIpc) is 2.20. The van der Waals surface area contributed by atoms with Crippen molar-refractivity contribution in [3.05, 3.63) is 27.2 Å². The molecule has 0 aliphatic rings. The molecule has 3 nitrogen and oxygen atoms in total. The summed E-state index contributed by atoms with van der Waals surface area (Å²) in [5, 5.41) is 22.5. The van der Waals surface area contributed by atoms with E-state index in [0.717, 1.165) is 16.7 Å². The predicted molar refractivity (Wildman–Crippen MR) is 64.2 cm³/mol. The second-order valence-corrected chi connectivity index (χ2v) is 4.44. The van der Waals surface area contributed by atoms with Crippen LogP contribution in [0.2, 0.25) is 0 Å². The monoisotopic (exact) mass is 273 g/mol. The maximum atomic E-state index is 9.88. The molecule has 1 rings (SSSR count). The average molecular weight is 274 g/mol. The van der Waals surface area contributed by atoms with Crippen LogP contribution in [0.1, 0.15) is 22.8 Å². The van der Waals surface area contributed by atoms with Crippen LogP contribution in [0.4, 0.5) is 0 Å². The van der Waals surface area contributed by atoms with E-state index in [-0.39, 0.29) is 5.75 Å². The van der Waals surface area contributed by atoms with E-state index < -0.39 is 6.10 Å². The number of hydrogen-bond acceptors (Lipinski definition) is 3. The first kappa shape index (κ1) is 12.5. The summed E-state index contributed by atoms with van der Waals surface area (Å²) in [5.41, 5.74) is 2.48. The van der Waals surface area contributed by atoms with E-state index in [1.165, 1.54) is 0 Å². The van der Waals surface area contributed by atoms with Crippen molar-refractivity contribution in [3.63, 3.8) is 0 Å². The van der Waals surface area contributed by atoms with Crippen LogP contribution in [-0.4, -0.2) is 23.8 Å². The Balaban J connectivity index is 3.19. The summed E-state index contributed by atoms with van der Waals surface area (Å²) in [5.74, 6) is 0.243. The molecule has 1 unspecified atom stereocenters. The number of aromatic hydroxyl groups is 1. The minimum absolute atomic E-state index is 0.243. The van der Waals surface area contributed by atoms with Gasteiger partial charge in [0.2, 0.25) is 0 Å². The van der Waals surface area contributed by atoms with Crippen LogP contribution in [0.15, 0.2) is 10.5 Å². The van der Waals surface area contributed by atoms with E-state index in [1.54, 1.807) is 7.05 Å².